The van der Waals surface area contributed by atoms with E-state index in [9.17, 15) is 13.2 Å². The van der Waals surface area contributed by atoms with Crippen molar-refractivity contribution in [3.63, 3.8) is 0 Å². The first-order valence-electron chi connectivity index (χ1n) is 6.86. The first kappa shape index (κ1) is 17.1. The highest BCUT2D eigenvalue weighted by atomic mass is 32.2. The lowest BCUT2D eigenvalue weighted by Gasteiger charge is -2.07. The van der Waals surface area contributed by atoms with Crippen molar-refractivity contribution in [3.05, 3.63) is 46.6 Å². The molecule has 2 rings (SSSR count). The predicted octanol–water partition coefficient (Wildman–Crippen LogP) is 0.666. The highest BCUT2D eigenvalue weighted by molar-refractivity contribution is 7.88. The minimum atomic E-state index is -3.31. The Morgan fingerprint density at radius 2 is 2.04 bits per heavy atom. The van der Waals surface area contributed by atoms with Gasteiger partial charge in [0.2, 0.25) is 10.0 Å². The van der Waals surface area contributed by atoms with Gasteiger partial charge >= 0.3 is 0 Å². The lowest BCUT2D eigenvalue weighted by atomic mass is 10.2. The zero-order valence-electron chi connectivity index (χ0n) is 13.1. The molecular formula is C14H18N4O4S. The number of aromatic nitrogens is 2. The third-order valence-corrected chi connectivity index (χ3v) is 3.87. The standard InChI is InChI=1S/C14H18N4O4S/c1-9-13(10(2)22-18-9)8-16-14(19)11-4-5-15-12(6-11)7-17-23(3,20)21/h4-6,17H,7-8H2,1-3H3,(H,16,19). The molecule has 0 fully saturated rings. The number of sulfonamides is 1. The first-order chi connectivity index (χ1) is 10.8. The Morgan fingerprint density at radius 3 is 2.65 bits per heavy atom. The summed E-state index contributed by atoms with van der Waals surface area (Å²) in [7, 11) is -3.31. The minimum Gasteiger partial charge on any atom is -0.361 e. The number of carbonyl (C=O) groups is 1. The van der Waals surface area contributed by atoms with Crippen LogP contribution in [0.25, 0.3) is 0 Å². The fraction of sp³-hybridized carbons (Fsp3) is 0.357. The van der Waals surface area contributed by atoms with Crippen LogP contribution in [0.5, 0.6) is 0 Å². The zero-order valence-corrected chi connectivity index (χ0v) is 13.9. The van der Waals surface area contributed by atoms with E-state index in [0.29, 0.717) is 23.6 Å². The molecule has 0 aliphatic carbocycles. The van der Waals surface area contributed by atoms with Gasteiger partial charge in [-0.3, -0.25) is 9.78 Å². The molecule has 1 amide bonds. The average Bonchev–Trinajstić information content (AvgIpc) is 2.81. The molecule has 0 spiro atoms. The predicted molar refractivity (Wildman–Crippen MR) is 83.1 cm³/mol. The Kier molecular flexibility index (Phi) is 5.12. The molecular weight excluding hydrogens is 320 g/mol. The largest absolute Gasteiger partial charge is 0.361 e. The van der Waals surface area contributed by atoms with Crippen molar-refractivity contribution in [1.82, 2.24) is 20.2 Å². The number of pyridine rings is 1. The summed E-state index contributed by atoms with van der Waals surface area (Å²) in [5.41, 5.74) is 2.43. The second-order valence-corrected chi connectivity index (χ2v) is 6.95. The van der Waals surface area contributed by atoms with Crippen LogP contribution in [0.1, 0.15) is 33.1 Å². The molecule has 0 aliphatic rings. The van der Waals surface area contributed by atoms with Gasteiger partial charge in [-0.1, -0.05) is 5.16 Å². The SMILES string of the molecule is Cc1noc(C)c1CNC(=O)c1ccnc(CNS(C)(=O)=O)c1. The van der Waals surface area contributed by atoms with Crippen LogP contribution in [0.15, 0.2) is 22.9 Å². The third kappa shape index (κ3) is 4.86. The molecule has 0 radical (unpaired) electrons. The summed E-state index contributed by atoms with van der Waals surface area (Å²) in [5.74, 6) is 0.378. The van der Waals surface area contributed by atoms with E-state index in [1.165, 1.54) is 6.20 Å². The van der Waals surface area contributed by atoms with Crippen molar-refractivity contribution in [3.8, 4) is 0 Å². The lowest BCUT2D eigenvalue weighted by Crippen LogP contribution is -2.25. The van der Waals surface area contributed by atoms with Crippen LogP contribution in [-0.4, -0.2) is 30.7 Å². The molecule has 124 valence electrons. The van der Waals surface area contributed by atoms with Crippen LogP contribution in [0.2, 0.25) is 0 Å². The van der Waals surface area contributed by atoms with Crippen LogP contribution in [0.3, 0.4) is 0 Å². The Bertz CT molecular complexity index is 794. The van der Waals surface area contributed by atoms with Gasteiger partial charge in [0.25, 0.3) is 5.91 Å². The van der Waals surface area contributed by atoms with Gasteiger partial charge in [-0.05, 0) is 26.0 Å². The molecule has 9 heteroatoms. The Hall–Kier alpha value is -2.26. The van der Waals surface area contributed by atoms with Gasteiger partial charge in [0, 0.05) is 23.9 Å². The summed E-state index contributed by atoms with van der Waals surface area (Å²) >= 11 is 0. The van der Waals surface area contributed by atoms with Gasteiger partial charge in [-0.15, -0.1) is 0 Å². The molecule has 23 heavy (non-hydrogen) atoms. The number of hydrogen-bond donors (Lipinski definition) is 2. The molecule has 2 aromatic heterocycles. The van der Waals surface area contributed by atoms with Crippen molar-refractivity contribution in [2.75, 3.05) is 6.26 Å². The number of nitrogens with one attached hydrogen (secondary N) is 2. The Labute approximate surface area is 134 Å². The summed E-state index contributed by atoms with van der Waals surface area (Å²) in [4.78, 5) is 16.2. The lowest BCUT2D eigenvalue weighted by molar-refractivity contribution is 0.0950. The van der Waals surface area contributed by atoms with Crippen LogP contribution in [0, 0.1) is 13.8 Å². The maximum absolute atomic E-state index is 12.2. The summed E-state index contributed by atoms with van der Waals surface area (Å²) in [6, 6.07) is 3.10. The molecule has 0 aromatic carbocycles. The fourth-order valence-electron chi connectivity index (χ4n) is 1.95. The van der Waals surface area contributed by atoms with Crippen molar-refractivity contribution < 1.29 is 17.7 Å². The van der Waals surface area contributed by atoms with Crippen LogP contribution in [-0.2, 0) is 23.1 Å². The second-order valence-electron chi connectivity index (χ2n) is 5.11. The molecule has 2 aromatic rings. The first-order valence-corrected chi connectivity index (χ1v) is 8.75. The Morgan fingerprint density at radius 1 is 1.30 bits per heavy atom. The molecule has 0 atom stereocenters. The molecule has 0 aliphatic heterocycles. The molecule has 2 heterocycles. The topological polar surface area (TPSA) is 114 Å². The van der Waals surface area contributed by atoms with Gasteiger partial charge in [0.1, 0.15) is 5.76 Å². The van der Waals surface area contributed by atoms with Crippen molar-refractivity contribution >= 4 is 15.9 Å². The number of carbonyl (C=O) groups excluding carboxylic acids is 1. The van der Waals surface area contributed by atoms with Crippen molar-refractivity contribution in [2.24, 2.45) is 0 Å². The van der Waals surface area contributed by atoms with Gasteiger partial charge < -0.3 is 9.84 Å². The number of hydrogen-bond acceptors (Lipinski definition) is 6. The number of amides is 1. The smallest absolute Gasteiger partial charge is 0.251 e. The van der Waals surface area contributed by atoms with E-state index < -0.39 is 10.0 Å². The summed E-state index contributed by atoms with van der Waals surface area (Å²) in [6.07, 6.45) is 2.53. The molecule has 2 N–H and O–H groups in total. The van der Waals surface area contributed by atoms with Gasteiger partial charge in [-0.2, -0.15) is 0 Å². The van der Waals surface area contributed by atoms with E-state index in [2.05, 4.69) is 20.2 Å². The summed E-state index contributed by atoms with van der Waals surface area (Å²) in [6.45, 7) is 3.92. The third-order valence-electron chi connectivity index (χ3n) is 3.20. The zero-order chi connectivity index (χ0) is 17.0. The van der Waals surface area contributed by atoms with E-state index in [1.807, 2.05) is 0 Å². The maximum Gasteiger partial charge on any atom is 0.251 e. The summed E-state index contributed by atoms with van der Waals surface area (Å²) < 4.78 is 29.5. The van der Waals surface area contributed by atoms with Crippen molar-refractivity contribution in [1.29, 1.82) is 0 Å². The van der Waals surface area contributed by atoms with E-state index in [-0.39, 0.29) is 12.5 Å². The quantitative estimate of drug-likeness (QED) is 0.800. The average molecular weight is 338 g/mol. The highest BCUT2D eigenvalue weighted by Gasteiger charge is 2.12. The van der Waals surface area contributed by atoms with Gasteiger partial charge in [0.05, 0.1) is 24.2 Å². The van der Waals surface area contributed by atoms with Gasteiger partial charge in [0.15, 0.2) is 0 Å². The highest BCUT2D eigenvalue weighted by Crippen LogP contribution is 2.12. The van der Waals surface area contributed by atoms with E-state index >= 15 is 0 Å². The van der Waals surface area contributed by atoms with Crippen molar-refractivity contribution in [2.45, 2.75) is 26.9 Å². The van der Waals surface area contributed by atoms with Crippen LogP contribution < -0.4 is 10.0 Å². The van der Waals surface area contributed by atoms with Crippen LogP contribution in [0.4, 0.5) is 0 Å². The molecule has 0 saturated carbocycles. The van der Waals surface area contributed by atoms with Crippen LogP contribution >= 0.6 is 0 Å². The number of aryl methyl sites for hydroxylation is 2. The monoisotopic (exact) mass is 338 g/mol. The van der Waals surface area contributed by atoms with Gasteiger partial charge in [-0.25, -0.2) is 13.1 Å². The fourth-order valence-corrected chi connectivity index (χ4v) is 2.36. The molecule has 0 saturated heterocycles. The summed E-state index contributed by atoms with van der Waals surface area (Å²) in [5, 5.41) is 6.60. The molecule has 0 unspecified atom stereocenters. The van der Waals surface area contributed by atoms with E-state index in [4.69, 9.17) is 4.52 Å². The number of rotatable bonds is 6. The molecule has 8 nitrogen and oxygen atoms in total. The van der Waals surface area contributed by atoms with E-state index in [0.717, 1.165) is 17.5 Å². The minimum absolute atomic E-state index is 0.0316. The van der Waals surface area contributed by atoms with E-state index in [1.54, 1.807) is 26.0 Å². The normalized spacial score (nSPS) is 11.4. The second kappa shape index (κ2) is 6.88. The Balaban J connectivity index is 2.02. The molecule has 0 bridgehead atoms. The number of nitrogens with zero attached hydrogens (tertiary/aromatic N) is 2. The maximum atomic E-state index is 12.2.